The maximum atomic E-state index is 10.9. The molecule has 1 aromatic rings. The predicted octanol–water partition coefficient (Wildman–Crippen LogP) is 2.79. The fourth-order valence-electron chi connectivity index (χ4n) is 1.70. The molecule has 0 heterocycles. The summed E-state index contributed by atoms with van der Waals surface area (Å²) in [6.07, 6.45) is -0.0209. The van der Waals surface area contributed by atoms with Crippen molar-refractivity contribution in [2.45, 2.75) is 39.8 Å². The molecule has 2 N–H and O–H groups in total. The Morgan fingerprint density at radius 1 is 1.20 bits per heavy atom. The molecular weight excluding hydrogens is 258 g/mol. The van der Waals surface area contributed by atoms with Crippen LogP contribution in [0.15, 0.2) is 18.2 Å². The van der Waals surface area contributed by atoms with Crippen LogP contribution in [0.3, 0.4) is 0 Å². The zero-order valence-electron chi connectivity index (χ0n) is 12.5. The average molecular weight is 281 g/mol. The van der Waals surface area contributed by atoms with Crippen LogP contribution in [-0.4, -0.2) is 30.2 Å². The first-order valence-corrected chi connectivity index (χ1v) is 6.82. The van der Waals surface area contributed by atoms with Gasteiger partial charge in [0.05, 0.1) is 17.1 Å². The highest BCUT2D eigenvalue weighted by atomic mass is 16.6. The van der Waals surface area contributed by atoms with E-state index in [1.807, 2.05) is 13.8 Å². The number of nitro groups is 1. The Kier molecular flexibility index (Phi) is 6.24. The summed E-state index contributed by atoms with van der Waals surface area (Å²) in [6.45, 7) is 9.40. The van der Waals surface area contributed by atoms with Crippen LogP contribution in [0.5, 0.6) is 5.75 Å². The van der Waals surface area contributed by atoms with Crippen LogP contribution in [0.2, 0.25) is 0 Å². The molecule has 20 heavy (non-hydrogen) atoms. The van der Waals surface area contributed by atoms with E-state index in [-0.39, 0.29) is 11.8 Å². The third-order valence-electron chi connectivity index (χ3n) is 2.48. The maximum Gasteiger partial charge on any atom is 0.275 e. The summed E-state index contributed by atoms with van der Waals surface area (Å²) < 4.78 is 5.53. The Labute approximate surface area is 119 Å². The second-order valence-corrected chi connectivity index (χ2v) is 5.17. The zero-order valence-corrected chi connectivity index (χ0v) is 12.5. The molecule has 112 valence electrons. The van der Waals surface area contributed by atoms with Crippen molar-refractivity contribution in [3.8, 4) is 5.75 Å². The molecule has 0 aliphatic heterocycles. The van der Waals surface area contributed by atoms with Crippen molar-refractivity contribution in [3.63, 3.8) is 0 Å². The summed E-state index contributed by atoms with van der Waals surface area (Å²) in [5.41, 5.74) is 0.725. The largest absolute Gasteiger partial charge is 0.491 e. The third-order valence-corrected chi connectivity index (χ3v) is 2.48. The minimum atomic E-state index is -0.412. The average Bonchev–Trinajstić information content (AvgIpc) is 2.33. The molecule has 0 atom stereocenters. The topological polar surface area (TPSA) is 76.4 Å². The molecule has 1 aromatic carbocycles. The van der Waals surface area contributed by atoms with Gasteiger partial charge in [-0.1, -0.05) is 13.8 Å². The van der Waals surface area contributed by atoms with E-state index in [1.54, 1.807) is 6.07 Å². The lowest BCUT2D eigenvalue weighted by Gasteiger charge is -2.13. The number of hydrogen-bond acceptors (Lipinski definition) is 5. The highest BCUT2D eigenvalue weighted by Gasteiger charge is 2.11. The molecule has 0 unspecified atom stereocenters. The Balaban J connectivity index is 2.73. The van der Waals surface area contributed by atoms with Crippen molar-refractivity contribution in [1.82, 2.24) is 5.32 Å². The predicted molar refractivity (Wildman–Crippen MR) is 80.5 cm³/mol. The number of nitro benzene ring substituents is 1. The summed E-state index contributed by atoms with van der Waals surface area (Å²) in [6, 6.07) is 5.16. The van der Waals surface area contributed by atoms with Gasteiger partial charge in [0, 0.05) is 37.0 Å². The summed E-state index contributed by atoms with van der Waals surface area (Å²) in [5.74, 6) is 0.508. The molecule has 6 heteroatoms. The van der Waals surface area contributed by atoms with Gasteiger partial charge in [0.25, 0.3) is 5.69 Å². The molecule has 0 aromatic heterocycles. The van der Waals surface area contributed by atoms with Gasteiger partial charge in [0.2, 0.25) is 0 Å². The standard InChI is InChI=1S/C14H23N3O3/c1-10(2)15-5-6-16-12-7-13(17(18)19)9-14(8-12)20-11(3)4/h7-11,15-16H,5-6H2,1-4H3. The Bertz CT molecular complexity index is 447. The number of non-ortho nitro benzene ring substituents is 1. The van der Waals surface area contributed by atoms with Crippen molar-refractivity contribution in [1.29, 1.82) is 0 Å². The molecule has 0 aliphatic rings. The lowest BCUT2D eigenvalue weighted by atomic mass is 10.2. The van der Waals surface area contributed by atoms with E-state index in [9.17, 15) is 10.1 Å². The second kappa shape index (κ2) is 7.69. The number of benzene rings is 1. The molecule has 0 bridgehead atoms. The fourth-order valence-corrected chi connectivity index (χ4v) is 1.70. The minimum Gasteiger partial charge on any atom is -0.491 e. The van der Waals surface area contributed by atoms with Crippen LogP contribution >= 0.6 is 0 Å². The highest BCUT2D eigenvalue weighted by molar-refractivity contribution is 5.56. The zero-order chi connectivity index (χ0) is 15.1. The van der Waals surface area contributed by atoms with Crippen LogP contribution in [0.25, 0.3) is 0 Å². The summed E-state index contributed by atoms with van der Waals surface area (Å²) in [5, 5.41) is 17.4. The SMILES string of the molecule is CC(C)NCCNc1cc(OC(C)C)cc([N+](=O)[O-])c1. The quantitative estimate of drug-likeness (QED) is 0.435. The Morgan fingerprint density at radius 2 is 1.90 bits per heavy atom. The molecule has 0 radical (unpaired) electrons. The van der Waals surface area contributed by atoms with Gasteiger partial charge in [0.15, 0.2) is 0 Å². The van der Waals surface area contributed by atoms with E-state index < -0.39 is 4.92 Å². The van der Waals surface area contributed by atoms with Crippen molar-refractivity contribution in [2.24, 2.45) is 0 Å². The lowest BCUT2D eigenvalue weighted by Crippen LogP contribution is -2.28. The lowest BCUT2D eigenvalue weighted by molar-refractivity contribution is -0.384. The van der Waals surface area contributed by atoms with Crippen LogP contribution in [0.1, 0.15) is 27.7 Å². The van der Waals surface area contributed by atoms with Crippen molar-refractivity contribution in [2.75, 3.05) is 18.4 Å². The maximum absolute atomic E-state index is 10.9. The normalized spacial score (nSPS) is 10.9. The van der Waals surface area contributed by atoms with E-state index in [4.69, 9.17) is 4.74 Å². The van der Waals surface area contributed by atoms with Gasteiger partial charge in [0.1, 0.15) is 5.75 Å². The van der Waals surface area contributed by atoms with Crippen LogP contribution in [0, 0.1) is 10.1 Å². The fraction of sp³-hybridized carbons (Fsp3) is 0.571. The molecule has 1 rings (SSSR count). The highest BCUT2D eigenvalue weighted by Crippen LogP contribution is 2.26. The molecule has 0 amide bonds. The number of nitrogens with one attached hydrogen (secondary N) is 2. The Morgan fingerprint density at radius 3 is 2.45 bits per heavy atom. The monoisotopic (exact) mass is 281 g/mol. The van der Waals surface area contributed by atoms with Crippen LogP contribution in [-0.2, 0) is 0 Å². The minimum absolute atomic E-state index is 0.0209. The molecule has 0 fully saturated rings. The van der Waals surface area contributed by atoms with E-state index in [1.165, 1.54) is 12.1 Å². The molecule has 6 nitrogen and oxygen atoms in total. The van der Waals surface area contributed by atoms with Crippen molar-refractivity contribution < 1.29 is 9.66 Å². The van der Waals surface area contributed by atoms with E-state index in [0.29, 0.717) is 24.0 Å². The summed E-state index contributed by atoms with van der Waals surface area (Å²) in [4.78, 5) is 10.5. The smallest absolute Gasteiger partial charge is 0.275 e. The van der Waals surface area contributed by atoms with Gasteiger partial charge in [-0.15, -0.1) is 0 Å². The number of anilines is 1. The third kappa shape index (κ3) is 5.88. The molecule has 0 aliphatic carbocycles. The Hall–Kier alpha value is -1.82. The van der Waals surface area contributed by atoms with Crippen LogP contribution in [0.4, 0.5) is 11.4 Å². The molecule has 0 saturated carbocycles. The summed E-state index contributed by atoms with van der Waals surface area (Å²) >= 11 is 0. The van der Waals surface area contributed by atoms with Crippen molar-refractivity contribution in [3.05, 3.63) is 28.3 Å². The van der Waals surface area contributed by atoms with E-state index >= 15 is 0 Å². The summed E-state index contributed by atoms with van der Waals surface area (Å²) in [7, 11) is 0. The van der Waals surface area contributed by atoms with E-state index in [2.05, 4.69) is 24.5 Å². The number of rotatable bonds is 8. The van der Waals surface area contributed by atoms with Gasteiger partial charge < -0.3 is 15.4 Å². The van der Waals surface area contributed by atoms with Crippen molar-refractivity contribution >= 4 is 11.4 Å². The van der Waals surface area contributed by atoms with Gasteiger partial charge in [-0.25, -0.2) is 0 Å². The number of ether oxygens (including phenoxy) is 1. The van der Waals surface area contributed by atoms with Crippen LogP contribution < -0.4 is 15.4 Å². The first-order valence-electron chi connectivity index (χ1n) is 6.82. The number of hydrogen-bond donors (Lipinski definition) is 2. The van der Waals surface area contributed by atoms with Gasteiger partial charge in [-0.2, -0.15) is 0 Å². The molecule has 0 saturated heterocycles. The van der Waals surface area contributed by atoms with E-state index in [0.717, 1.165) is 6.54 Å². The molecular formula is C14H23N3O3. The molecule has 0 spiro atoms. The second-order valence-electron chi connectivity index (χ2n) is 5.17. The van der Waals surface area contributed by atoms with Gasteiger partial charge >= 0.3 is 0 Å². The van der Waals surface area contributed by atoms with Gasteiger partial charge in [-0.3, -0.25) is 10.1 Å². The van der Waals surface area contributed by atoms with Gasteiger partial charge in [-0.05, 0) is 13.8 Å². The first kappa shape index (κ1) is 16.2. The number of nitrogens with zero attached hydrogens (tertiary/aromatic N) is 1. The first-order chi connectivity index (χ1) is 9.38.